The average Bonchev–Trinajstić information content (AvgIpc) is 3.14. The number of urea groups is 1. The summed E-state index contributed by atoms with van der Waals surface area (Å²) in [5, 5.41) is 5.46. The van der Waals surface area contributed by atoms with Gasteiger partial charge in [0.05, 0.1) is 12.2 Å². The molecule has 0 radical (unpaired) electrons. The zero-order valence-electron chi connectivity index (χ0n) is 16.5. The molecule has 1 saturated heterocycles. The van der Waals surface area contributed by atoms with Crippen LogP contribution in [0.25, 0.3) is 0 Å². The topological polar surface area (TPSA) is 87.2 Å². The first-order valence-corrected chi connectivity index (χ1v) is 9.92. The molecule has 7 heteroatoms. The third-order valence-corrected chi connectivity index (χ3v) is 5.03. The summed E-state index contributed by atoms with van der Waals surface area (Å²) < 4.78 is 0. The molecule has 1 aliphatic heterocycles. The molecule has 1 unspecified atom stereocenters. The summed E-state index contributed by atoms with van der Waals surface area (Å²) in [5.74, 6) is 0.754. The highest BCUT2D eigenvalue weighted by Gasteiger charge is 2.30. The smallest absolute Gasteiger partial charge is 0.320 e. The number of aromatic nitrogens is 2. The molecule has 0 aliphatic carbocycles. The van der Waals surface area contributed by atoms with E-state index in [0.717, 1.165) is 17.8 Å². The number of carbonyl (C=O) groups excluding carboxylic acids is 2. The highest BCUT2D eigenvalue weighted by Crippen LogP contribution is 2.28. The molecule has 1 atom stereocenters. The summed E-state index contributed by atoms with van der Waals surface area (Å²) in [6.45, 7) is 0.973. The first kappa shape index (κ1) is 19.6. The summed E-state index contributed by atoms with van der Waals surface area (Å²) in [6.07, 6.45) is 4.67. The molecule has 3 amide bonds. The molecule has 0 saturated carbocycles. The van der Waals surface area contributed by atoms with E-state index >= 15 is 0 Å². The largest absolute Gasteiger partial charge is 0.332 e. The molecule has 1 aromatic carbocycles. The maximum Gasteiger partial charge on any atom is 0.320 e. The Morgan fingerprint density at radius 3 is 2.67 bits per heavy atom. The van der Waals surface area contributed by atoms with Gasteiger partial charge in [-0.3, -0.25) is 15.1 Å². The van der Waals surface area contributed by atoms with Crippen molar-refractivity contribution in [1.82, 2.24) is 15.3 Å². The second-order valence-corrected chi connectivity index (χ2v) is 7.29. The van der Waals surface area contributed by atoms with E-state index in [1.807, 2.05) is 36.4 Å². The molecule has 0 bridgehead atoms. The monoisotopic (exact) mass is 401 g/mol. The van der Waals surface area contributed by atoms with Gasteiger partial charge in [0, 0.05) is 37.1 Å². The summed E-state index contributed by atoms with van der Waals surface area (Å²) in [7, 11) is 0. The summed E-state index contributed by atoms with van der Waals surface area (Å²) in [6, 6.07) is 18.9. The zero-order valence-corrected chi connectivity index (χ0v) is 16.5. The third kappa shape index (κ3) is 5.00. The van der Waals surface area contributed by atoms with E-state index in [1.165, 1.54) is 5.56 Å². The fourth-order valence-corrected chi connectivity index (χ4v) is 3.60. The molecule has 4 rings (SSSR count). The highest BCUT2D eigenvalue weighted by molar-refractivity contribution is 5.96. The van der Waals surface area contributed by atoms with Crippen molar-refractivity contribution in [2.45, 2.75) is 19.4 Å². The van der Waals surface area contributed by atoms with E-state index in [4.69, 9.17) is 0 Å². The van der Waals surface area contributed by atoms with E-state index in [0.29, 0.717) is 25.3 Å². The normalized spacial score (nSPS) is 15.8. The second kappa shape index (κ2) is 9.17. The molecule has 2 N–H and O–H groups in total. The second-order valence-electron chi connectivity index (χ2n) is 7.29. The molecule has 152 valence electrons. The van der Waals surface area contributed by atoms with Gasteiger partial charge < -0.3 is 10.2 Å². The number of hydrogen-bond donors (Lipinski definition) is 2. The van der Waals surface area contributed by atoms with E-state index in [2.05, 4.69) is 32.7 Å². The predicted octanol–water partition coefficient (Wildman–Crippen LogP) is 3.39. The van der Waals surface area contributed by atoms with Gasteiger partial charge in [0.25, 0.3) is 0 Å². The van der Waals surface area contributed by atoms with E-state index in [1.54, 1.807) is 29.4 Å². The van der Waals surface area contributed by atoms with Gasteiger partial charge in [-0.2, -0.15) is 0 Å². The van der Waals surface area contributed by atoms with Crippen LogP contribution in [0.3, 0.4) is 0 Å². The van der Waals surface area contributed by atoms with Crippen molar-refractivity contribution in [3.63, 3.8) is 0 Å². The van der Waals surface area contributed by atoms with Crippen molar-refractivity contribution in [2.24, 2.45) is 5.92 Å². The summed E-state index contributed by atoms with van der Waals surface area (Å²) in [5.41, 5.74) is 2.74. The Kier molecular flexibility index (Phi) is 5.98. The summed E-state index contributed by atoms with van der Waals surface area (Å²) in [4.78, 5) is 34.9. The molecule has 1 aliphatic rings. The van der Waals surface area contributed by atoms with Crippen molar-refractivity contribution >= 4 is 23.4 Å². The van der Waals surface area contributed by atoms with Gasteiger partial charge in [0.1, 0.15) is 5.82 Å². The van der Waals surface area contributed by atoms with Crippen LogP contribution in [-0.2, 0) is 17.8 Å². The van der Waals surface area contributed by atoms with Crippen molar-refractivity contribution < 1.29 is 9.59 Å². The number of rotatable bonds is 6. The first-order chi connectivity index (χ1) is 14.7. The van der Waals surface area contributed by atoms with Crippen molar-refractivity contribution in [3.8, 4) is 0 Å². The standard InChI is InChI=1S/C23H23N5O2/c29-22-13-18(12-17-6-2-1-3-7-17)16-28(22)20-9-11-25-21(14-20)27-23(30)26-15-19-8-4-5-10-24-19/h1-11,14,18H,12-13,15-16H2,(H2,25,26,27,30). The molecule has 1 fully saturated rings. The van der Waals surface area contributed by atoms with Gasteiger partial charge in [-0.05, 0) is 36.1 Å². The van der Waals surface area contributed by atoms with Crippen LogP contribution < -0.4 is 15.5 Å². The maximum atomic E-state index is 12.6. The quantitative estimate of drug-likeness (QED) is 0.663. The molecule has 3 aromatic rings. The molecular weight excluding hydrogens is 378 g/mol. The predicted molar refractivity (Wildman–Crippen MR) is 115 cm³/mol. The number of pyridine rings is 2. The Hall–Kier alpha value is -3.74. The fourth-order valence-electron chi connectivity index (χ4n) is 3.60. The number of amides is 3. The zero-order chi connectivity index (χ0) is 20.8. The Bertz CT molecular complexity index is 1010. The Morgan fingerprint density at radius 2 is 1.87 bits per heavy atom. The third-order valence-electron chi connectivity index (χ3n) is 5.03. The Labute approximate surface area is 175 Å². The molecule has 7 nitrogen and oxygen atoms in total. The Morgan fingerprint density at radius 1 is 1.03 bits per heavy atom. The first-order valence-electron chi connectivity index (χ1n) is 9.92. The minimum atomic E-state index is -0.375. The SMILES string of the molecule is O=C(NCc1ccccn1)Nc1cc(N2CC(Cc3ccccc3)CC2=O)ccn1. The lowest BCUT2D eigenvalue weighted by atomic mass is 9.99. The lowest BCUT2D eigenvalue weighted by Crippen LogP contribution is -2.29. The number of nitrogens with one attached hydrogen (secondary N) is 2. The van der Waals surface area contributed by atoms with Gasteiger partial charge in [0.2, 0.25) is 5.91 Å². The van der Waals surface area contributed by atoms with E-state index < -0.39 is 0 Å². The van der Waals surface area contributed by atoms with Crippen LogP contribution in [0.4, 0.5) is 16.3 Å². The number of carbonyl (C=O) groups is 2. The highest BCUT2D eigenvalue weighted by atomic mass is 16.2. The van der Waals surface area contributed by atoms with Crippen molar-refractivity contribution in [2.75, 3.05) is 16.8 Å². The van der Waals surface area contributed by atoms with Crippen molar-refractivity contribution in [1.29, 1.82) is 0 Å². The maximum absolute atomic E-state index is 12.6. The molecule has 0 spiro atoms. The van der Waals surface area contributed by atoms with E-state index in [9.17, 15) is 9.59 Å². The number of hydrogen-bond acceptors (Lipinski definition) is 4. The van der Waals surface area contributed by atoms with Crippen LogP contribution in [0.15, 0.2) is 73.1 Å². The molecular formula is C23H23N5O2. The molecule has 30 heavy (non-hydrogen) atoms. The lowest BCUT2D eigenvalue weighted by molar-refractivity contribution is -0.117. The van der Waals surface area contributed by atoms with Gasteiger partial charge in [-0.25, -0.2) is 9.78 Å². The fraction of sp³-hybridized carbons (Fsp3) is 0.217. The van der Waals surface area contributed by atoms with Gasteiger partial charge in [-0.1, -0.05) is 36.4 Å². The Balaban J connectivity index is 1.35. The van der Waals surface area contributed by atoms with Crippen LogP contribution in [-0.4, -0.2) is 28.5 Å². The average molecular weight is 401 g/mol. The number of benzene rings is 1. The van der Waals surface area contributed by atoms with Gasteiger partial charge in [0.15, 0.2) is 0 Å². The van der Waals surface area contributed by atoms with Gasteiger partial charge in [-0.15, -0.1) is 0 Å². The van der Waals surface area contributed by atoms with Crippen LogP contribution in [0.5, 0.6) is 0 Å². The lowest BCUT2D eigenvalue weighted by Gasteiger charge is -2.17. The summed E-state index contributed by atoms with van der Waals surface area (Å²) >= 11 is 0. The van der Waals surface area contributed by atoms with Crippen LogP contribution in [0, 0.1) is 5.92 Å². The number of nitrogens with zero attached hydrogens (tertiary/aromatic N) is 3. The minimum absolute atomic E-state index is 0.0904. The molecule has 2 aromatic heterocycles. The van der Waals surface area contributed by atoms with Crippen LogP contribution in [0.1, 0.15) is 17.7 Å². The van der Waals surface area contributed by atoms with E-state index in [-0.39, 0.29) is 17.9 Å². The van der Waals surface area contributed by atoms with Crippen LogP contribution >= 0.6 is 0 Å². The minimum Gasteiger partial charge on any atom is -0.332 e. The van der Waals surface area contributed by atoms with Crippen LogP contribution in [0.2, 0.25) is 0 Å². The molecule has 3 heterocycles. The van der Waals surface area contributed by atoms with Crippen molar-refractivity contribution in [3.05, 3.63) is 84.3 Å². The van der Waals surface area contributed by atoms with Gasteiger partial charge >= 0.3 is 6.03 Å². The number of anilines is 2.